The zero-order valence-electron chi connectivity index (χ0n) is 21.6. The van der Waals surface area contributed by atoms with Crippen molar-refractivity contribution in [1.82, 2.24) is 9.80 Å². The Morgan fingerprint density at radius 1 is 0.650 bits per heavy atom. The second kappa shape index (κ2) is 17.1. The van der Waals surface area contributed by atoms with Crippen LogP contribution in [0.3, 0.4) is 0 Å². The van der Waals surface area contributed by atoms with Gasteiger partial charge in [-0.2, -0.15) is 13.2 Å². The van der Waals surface area contributed by atoms with E-state index in [0.29, 0.717) is 90.0 Å². The number of rotatable bonds is 4. The SMILES string of the molecule is Fc1ccc(CN2CCOCCOCCN(Cc3ccc(F)c(F)c3)CCOCC2)cc1F.O=C(O)C(F)(F)F. The molecular weight excluding hydrogens is 553 g/mol. The smallest absolute Gasteiger partial charge is 0.475 e. The molecule has 0 spiro atoms. The van der Waals surface area contributed by atoms with Crippen LogP contribution in [0.15, 0.2) is 36.4 Å². The summed E-state index contributed by atoms with van der Waals surface area (Å²) in [7, 11) is 0. The highest BCUT2D eigenvalue weighted by atomic mass is 19.4. The first-order chi connectivity index (χ1) is 19.0. The predicted molar refractivity (Wildman–Crippen MR) is 129 cm³/mol. The summed E-state index contributed by atoms with van der Waals surface area (Å²) in [6, 6.07) is 7.81. The third-order valence-electron chi connectivity index (χ3n) is 5.60. The molecule has 0 unspecified atom stereocenters. The summed E-state index contributed by atoms with van der Waals surface area (Å²) in [5.41, 5.74) is 1.35. The summed E-state index contributed by atoms with van der Waals surface area (Å²) in [4.78, 5) is 13.0. The molecule has 0 aliphatic carbocycles. The molecule has 1 fully saturated rings. The molecule has 224 valence electrons. The minimum absolute atomic E-state index is 0.443. The van der Waals surface area contributed by atoms with Crippen molar-refractivity contribution in [2.75, 3.05) is 65.8 Å². The van der Waals surface area contributed by atoms with Crippen LogP contribution < -0.4 is 0 Å². The van der Waals surface area contributed by atoms with Crippen molar-refractivity contribution in [2.24, 2.45) is 0 Å². The number of aliphatic carboxylic acids is 1. The number of carbonyl (C=O) groups is 1. The van der Waals surface area contributed by atoms with Gasteiger partial charge < -0.3 is 19.3 Å². The van der Waals surface area contributed by atoms with Gasteiger partial charge in [-0.1, -0.05) is 12.1 Å². The highest BCUT2D eigenvalue weighted by Crippen LogP contribution is 2.14. The average Bonchev–Trinajstić information content (AvgIpc) is 2.89. The lowest BCUT2D eigenvalue weighted by atomic mass is 10.2. The molecule has 7 nitrogen and oxygen atoms in total. The van der Waals surface area contributed by atoms with E-state index in [9.17, 15) is 30.7 Å². The number of benzene rings is 2. The van der Waals surface area contributed by atoms with Gasteiger partial charge in [0.2, 0.25) is 0 Å². The number of hydrogen-bond donors (Lipinski definition) is 1. The normalized spacial score (nSPS) is 17.3. The Balaban J connectivity index is 0.000000708. The molecule has 0 radical (unpaired) electrons. The molecule has 2 aromatic carbocycles. The van der Waals surface area contributed by atoms with Crippen LogP contribution in [0, 0.1) is 23.3 Å². The fourth-order valence-electron chi connectivity index (χ4n) is 3.53. The molecule has 0 atom stereocenters. The molecule has 0 amide bonds. The Morgan fingerprint density at radius 2 is 0.975 bits per heavy atom. The van der Waals surface area contributed by atoms with Gasteiger partial charge in [0.05, 0.1) is 39.6 Å². The van der Waals surface area contributed by atoms with Crippen LogP contribution in [0.4, 0.5) is 30.7 Å². The molecule has 0 bridgehead atoms. The van der Waals surface area contributed by atoms with Crippen molar-refractivity contribution < 1.29 is 54.8 Å². The van der Waals surface area contributed by atoms with Crippen LogP contribution in [0.2, 0.25) is 0 Å². The maximum Gasteiger partial charge on any atom is 0.490 e. The lowest BCUT2D eigenvalue weighted by molar-refractivity contribution is -0.192. The van der Waals surface area contributed by atoms with Crippen LogP contribution in [-0.2, 0) is 32.1 Å². The fraction of sp³-hybridized carbons (Fsp3) is 0.500. The Hall–Kier alpha value is -2.78. The van der Waals surface area contributed by atoms with E-state index >= 15 is 0 Å². The van der Waals surface area contributed by atoms with E-state index in [2.05, 4.69) is 9.80 Å². The van der Waals surface area contributed by atoms with Crippen molar-refractivity contribution >= 4 is 5.97 Å². The lowest BCUT2D eigenvalue weighted by Gasteiger charge is -2.24. The summed E-state index contributed by atoms with van der Waals surface area (Å²) in [5, 5.41) is 7.12. The Bertz CT molecular complexity index is 989. The monoisotopic (exact) mass is 584 g/mol. The van der Waals surface area contributed by atoms with Crippen LogP contribution in [-0.4, -0.2) is 92.9 Å². The van der Waals surface area contributed by atoms with Crippen molar-refractivity contribution in [1.29, 1.82) is 0 Å². The van der Waals surface area contributed by atoms with Gasteiger partial charge in [-0.15, -0.1) is 0 Å². The molecule has 40 heavy (non-hydrogen) atoms. The standard InChI is InChI=1S/C24H30F4N2O3.C2HF3O2/c25-21-3-1-19(15-23(21)27)17-29-5-9-31-10-6-30(8-12-33-14-13-32-11-7-29)18-20-2-4-22(26)24(28)16-20;3-2(4,5)1(6)7/h1-4,15-16H,5-14,17-18H2;(H,6,7). The average molecular weight is 585 g/mol. The highest BCUT2D eigenvalue weighted by molar-refractivity contribution is 5.73. The van der Waals surface area contributed by atoms with Gasteiger partial charge in [0.1, 0.15) is 0 Å². The predicted octanol–water partition coefficient (Wildman–Crippen LogP) is 4.24. The van der Waals surface area contributed by atoms with Crippen molar-refractivity contribution in [3.05, 3.63) is 70.8 Å². The molecule has 3 rings (SSSR count). The number of nitrogens with zero attached hydrogens (tertiary/aromatic N) is 2. The zero-order chi connectivity index (χ0) is 29.5. The fourth-order valence-corrected chi connectivity index (χ4v) is 3.53. The second-order valence-corrected chi connectivity index (χ2v) is 8.69. The first-order valence-corrected chi connectivity index (χ1v) is 12.3. The highest BCUT2D eigenvalue weighted by Gasteiger charge is 2.38. The Kier molecular flexibility index (Phi) is 14.3. The molecule has 1 N–H and O–H groups in total. The molecular formula is C26H31F7N2O5. The third-order valence-corrected chi connectivity index (χ3v) is 5.60. The van der Waals surface area contributed by atoms with Gasteiger partial charge in [-0.05, 0) is 35.4 Å². The minimum Gasteiger partial charge on any atom is -0.475 e. The maximum absolute atomic E-state index is 13.6. The van der Waals surface area contributed by atoms with E-state index in [4.69, 9.17) is 24.1 Å². The van der Waals surface area contributed by atoms with Crippen molar-refractivity contribution in [3.8, 4) is 0 Å². The summed E-state index contributed by atoms with van der Waals surface area (Å²) in [6.45, 7) is 6.09. The van der Waals surface area contributed by atoms with Crippen LogP contribution in [0.1, 0.15) is 11.1 Å². The third kappa shape index (κ3) is 13.0. The minimum atomic E-state index is -5.08. The van der Waals surface area contributed by atoms with E-state index in [1.54, 1.807) is 12.1 Å². The van der Waals surface area contributed by atoms with E-state index in [1.165, 1.54) is 12.1 Å². The second-order valence-electron chi connectivity index (χ2n) is 8.69. The quantitative estimate of drug-likeness (QED) is 0.540. The Morgan fingerprint density at radius 3 is 1.27 bits per heavy atom. The Labute approximate surface area is 227 Å². The lowest BCUT2D eigenvalue weighted by Crippen LogP contribution is -2.33. The first kappa shape index (κ1) is 33.4. The number of halogens is 7. The van der Waals surface area contributed by atoms with Gasteiger partial charge in [0, 0.05) is 39.3 Å². The number of alkyl halides is 3. The van der Waals surface area contributed by atoms with E-state index < -0.39 is 35.4 Å². The molecule has 1 aliphatic rings. The van der Waals surface area contributed by atoms with Crippen molar-refractivity contribution in [3.63, 3.8) is 0 Å². The maximum atomic E-state index is 13.6. The van der Waals surface area contributed by atoms with Gasteiger partial charge in [-0.3, -0.25) is 9.80 Å². The van der Waals surface area contributed by atoms with Gasteiger partial charge >= 0.3 is 12.1 Å². The largest absolute Gasteiger partial charge is 0.490 e. The number of carboxylic acid groups (broad SMARTS) is 1. The van der Waals surface area contributed by atoms with Gasteiger partial charge in [0.15, 0.2) is 23.3 Å². The molecule has 1 aliphatic heterocycles. The molecule has 0 aromatic heterocycles. The summed E-state index contributed by atoms with van der Waals surface area (Å²) >= 11 is 0. The topological polar surface area (TPSA) is 71.5 Å². The molecule has 0 saturated carbocycles. The molecule has 14 heteroatoms. The number of carboxylic acids is 1. The first-order valence-electron chi connectivity index (χ1n) is 12.3. The van der Waals surface area contributed by atoms with E-state index in [1.807, 2.05) is 0 Å². The summed E-state index contributed by atoms with van der Waals surface area (Å²) < 4.78 is 102. The molecule has 1 heterocycles. The zero-order valence-corrected chi connectivity index (χ0v) is 21.6. The summed E-state index contributed by atoms with van der Waals surface area (Å²) in [6.07, 6.45) is -5.08. The van der Waals surface area contributed by atoms with Gasteiger partial charge in [0.25, 0.3) is 0 Å². The van der Waals surface area contributed by atoms with Crippen molar-refractivity contribution in [2.45, 2.75) is 19.3 Å². The van der Waals surface area contributed by atoms with Crippen LogP contribution in [0.25, 0.3) is 0 Å². The number of ether oxygens (including phenoxy) is 3. The van der Waals surface area contributed by atoms with Gasteiger partial charge in [-0.25, -0.2) is 22.4 Å². The molecule has 2 aromatic rings. The van der Waals surface area contributed by atoms with E-state index in [0.717, 1.165) is 12.1 Å². The van der Waals surface area contributed by atoms with Crippen LogP contribution >= 0.6 is 0 Å². The van der Waals surface area contributed by atoms with E-state index in [-0.39, 0.29) is 0 Å². The molecule has 1 saturated heterocycles. The summed E-state index contributed by atoms with van der Waals surface area (Å²) in [5.74, 6) is -6.22. The van der Waals surface area contributed by atoms with Crippen LogP contribution in [0.5, 0.6) is 0 Å². The number of hydrogen-bond acceptors (Lipinski definition) is 6.